The van der Waals surface area contributed by atoms with E-state index < -0.39 is 10.2 Å². The van der Waals surface area contributed by atoms with Gasteiger partial charge in [-0.05, 0) is 17.7 Å². The predicted octanol–water partition coefficient (Wildman–Crippen LogP) is 1.51. The van der Waals surface area contributed by atoms with Gasteiger partial charge in [-0.1, -0.05) is 38.2 Å². The van der Waals surface area contributed by atoms with E-state index >= 15 is 0 Å². The molecule has 106 valence electrons. The zero-order valence-electron chi connectivity index (χ0n) is 11.1. The fourth-order valence-electron chi connectivity index (χ4n) is 1.67. The molecule has 0 fully saturated rings. The van der Waals surface area contributed by atoms with Gasteiger partial charge in [0.1, 0.15) is 0 Å². The first kappa shape index (κ1) is 15.9. The monoisotopic (exact) mass is 301 g/mol. The molecule has 0 aliphatic heterocycles. The molecule has 0 aromatic heterocycles. The zero-order chi connectivity index (χ0) is 14.5. The highest BCUT2D eigenvalue weighted by molar-refractivity contribution is 7.90. The van der Waals surface area contributed by atoms with Crippen LogP contribution in [0.4, 0.5) is 5.69 Å². The first-order valence-corrected chi connectivity index (χ1v) is 7.89. The van der Waals surface area contributed by atoms with Crippen LogP contribution in [0, 0.1) is 0 Å². The van der Waals surface area contributed by atoms with Gasteiger partial charge in [0.15, 0.2) is 0 Å². The van der Waals surface area contributed by atoms with Crippen molar-refractivity contribution in [2.75, 3.05) is 17.8 Å². The SMILES string of the molecule is CCN(CC)S(=O)(=O)Nc1ccc(CC(N)=S)cc1. The lowest BCUT2D eigenvalue weighted by atomic mass is 10.1. The molecule has 0 radical (unpaired) electrons. The van der Waals surface area contributed by atoms with Gasteiger partial charge >= 0.3 is 10.2 Å². The number of nitrogens with two attached hydrogens (primary N) is 1. The summed E-state index contributed by atoms with van der Waals surface area (Å²) >= 11 is 4.82. The summed E-state index contributed by atoms with van der Waals surface area (Å²) in [4.78, 5) is 0.413. The molecule has 19 heavy (non-hydrogen) atoms. The molecule has 0 saturated carbocycles. The van der Waals surface area contributed by atoms with E-state index in [9.17, 15) is 8.42 Å². The fourth-order valence-corrected chi connectivity index (χ4v) is 3.08. The van der Waals surface area contributed by atoms with Crippen LogP contribution in [0.2, 0.25) is 0 Å². The second kappa shape index (κ2) is 6.83. The van der Waals surface area contributed by atoms with Crippen LogP contribution in [0.25, 0.3) is 0 Å². The third kappa shape index (κ3) is 4.77. The maximum Gasteiger partial charge on any atom is 0.301 e. The highest BCUT2D eigenvalue weighted by Crippen LogP contribution is 2.13. The molecule has 0 heterocycles. The minimum absolute atomic E-state index is 0.413. The van der Waals surface area contributed by atoms with E-state index in [0.29, 0.717) is 30.2 Å². The van der Waals surface area contributed by atoms with Gasteiger partial charge in [0.2, 0.25) is 0 Å². The van der Waals surface area contributed by atoms with Crippen molar-refractivity contribution in [2.24, 2.45) is 5.73 Å². The lowest BCUT2D eigenvalue weighted by molar-refractivity contribution is 0.449. The Labute approximate surface area is 120 Å². The van der Waals surface area contributed by atoms with E-state index in [0.717, 1.165) is 5.56 Å². The molecule has 0 unspecified atom stereocenters. The highest BCUT2D eigenvalue weighted by atomic mass is 32.2. The van der Waals surface area contributed by atoms with Crippen molar-refractivity contribution in [3.05, 3.63) is 29.8 Å². The van der Waals surface area contributed by atoms with Crippen molar-refractivity contribution < 1.29 is 8.42 Å². The topological polar surface area (TPSA) is 75.4 Å². The first-order chi connectivity index (χ1) is 8.89. The maximum atomic E-state index is 12.0. The van der Waals surface area contributed by atoms with E-state index in [1.54, 1.807) is 38.1 Å². The molecule has 0 spiro atoms. The molecule has 0 saturated heterocycles. The Bertz CT molecular complexity index is 522. The summed E-state index contributed by atoms with van der Waals surface area (Å²) < 4.78 is 27.9. The lowest BCUT2D eigenvalue weighted by Crippen LogP contribution is -2.35. The molecule has 0 amide bonds. The summed E-state index contributed by atoms with van der Waals surface area (Å²) in [5.41, 5.74) is 6.94. The quantitative estimate of drug-likeness (QED) is 0.749. The normalized spacial score (nSPS) is 11.5. The molecule has 0 aliphatic rings. The van der Waals surface area contributed by atoms with Gasteiger partial charge in [0, 0.05) is 25.2 Å². The standard InChI is InChI=1S/C12H19N3O2S2/c1-3-15(4-2)19(16,17)14-11-7-5-10(6-8-11)9-12(13)18/h5-8,14H,3-4,9H2,1-2H3,(H2,13,18). The Kier molecular flexibility index (Phi) is 5.71. The Morgan fingerprint density at radius 1 is 1.26 bits per heavy atom. The predicted molar refractivity (Wildman–Crippen MR) is 82.4 cm³/mol. The minimum Gasteiger partial charge on any atom is -0.393 e. The van der Waals surface area contributed by atoms with Crippen molar-refractivity contribution in [1.29, 1.82) is 0 Å². The van der Waals surface area contributed by atoms with Crippen LogP contribution in [0.5, 0.6) is 0 Å². The first-order valence-electron chi connectivity index (χ1n) is 6.04. The van der Waals surface area contributed by atoms with Gasteiger partial charge in [0.05, 0.1) is 4.99 Å². The Morgan fingerprint density at radius 2 is 1.79 bits per heavy atom. The summed E-state index contributed by atoms with van der Waals surface area (Å²) in [7, 11) is -3.48. The Hall–Kier alpha value is -1.18. The molecule has 1 rings (SSSR count). The largest absolute Gasteiger partial charge is 0.393 e. The summed E-state index contributed by atoms with van der Waals surface area (Å²) in [5, 5.41) is 0. The number of anilines is 1. The van der Waals surface area contributed by atoms with Gasteiger partial charge < -0.3 is 5.73 Å². The van der Waals surface area contributed by atoms with Gasteiger partial charge in [-0.25, -0.2) is 0 Å². The van der Waals surface area contributed by atoms with Crippen LogP contribution < -0.4 is 10.5 Å². The van der Waals surface area contributed by atoms with Crippen molar-refractivity contribution in [1.82, 2.24) is 4.31 Å². The van der Waals surface area contributed by atoms with Crippen molar-refractivity contribution >= 4 is 33.1 Å². The van der Waals surface area contributed by atoms with Gasteiger partial charge in [0.25, 0.3) is 0 Å². The number of nitrogens with one attached hydrogen (secondary N) is 1. The second-order valence-electron chi connectivity index (χ2n) is 4.03. The molecule has 1 aromatic carbocycles. The number of hydrogen-bond donors (Lipinski definition) is 2. The summed E-state index contributed by atoms with van der Waals surface area (Å²) in [6.45, 7) is 4.47. The van der Waals surface area contributed by atoms with Crippen LogP contribution in [-0.4, -0.2) is 30.8 Å². The van der Waals surface area contributed by atoms with Crippen LogP contribution in [0.15, 0.2) is 24.3 Å². The van der Waals surface area contributed by atoms with E-state index in [1.165, 1.54) is 4.31 Å². The van der Waals surface area contributed by atoms with Crippen LogP contribution >= 0.6 is 12.2 Å². The number of benzene rings is 1. The van der Waals surface area contributed by atoms with E-state index in [1.807, 2.05) is 0 Å². The third-order valence-electron chi connectivity index (χ3n) is 2.62. The molecule has 0 atom stereocenters. The average molecular weight is 301 g/mol. The fraction of sp³-hybridized carbons (Fsp3) is 0.417. The second-order valence-corrected chi connectivity index (χ2v) is 6.23. The third-order valence-corrected chi connectivity index (χ3v) is 4.46. The van der Waals surface area contributed by atoms with Crippen molar-refractivity contribution in [2.45, 2.75) is 20.3 Å². The van der Waals surface area contributed by atoms with Gasteiger partial charge in [-0.15, -0.1) is 0 Å². The van der Waals surface area contributed by atoms with Crippen LogP contribution in [0.1, 0.15) is 19.4 Å². The Balaban J connectivity index is 2.80. The minimum atomic E-state index is -3.48. The molecule has 1 aromatic rings. The van der Waals surface area contributed by atoms with Crippen LogP contribution in [0.3, 0.4) is 0 Å². The van der Waals surface area contributed by atoms with E-state index in [4.69, 9.17) is 18.0 Å². The summed E-state index contributed by atoms with van der Waals surface area (Å²) in [5.74, 6) is 0. The molecule has 3 N–H and O–H groups in total. The highest BCUT2D eigenvalue weighted by Gasteiger charge is 2.17. The summed E-state index contributed by atoms with van der Waals surface area (Å²) in [6.07, 6.45) is 0.512. The number of rotatable bonds is 7. The lowest BCUT2D eigenvalue weighted by Gasteiger charge is -2.19. The maximum absolute atomic E-state index is 12.0. The number of thiocarbonyl (C=S) groups is 1. The smallest absolute Gasteiger partial charge is 0.301 e. The van der Waals surface area contributed by atoms with E-state index in [2.05, 4.69) is 4.72 Å². The molecule has 5 nitrogen and oxygen atoms in total. The number of hydrogen-bond acceptors (Lipinski definition) is 3. The molecular formula is C12H19N3O2S2. The Morgan fingerprint density at radius 3 is 2.21 bits per heavy atom. The molecular weight excluding hydrogens is 282 g/mol. The van der Waals surface area contributed by atoms with Crippen LogP contribution in [-0.2, 0) is 16.6 Å². The average Bonchev–Trinajstić information content (AvgIpc) is 2.31. The van der Waals surface area contributed by atoms with Gasteiger partial charge in [-0.2, -0.15) is 12.7 Å². The summed E-state index contributed by atoms with van der Waals surface area (Å²) in [6, 6.07) is 7.02. The van der Waals surface area contributed by atoms with Crippen molar-refractivity contribution in [3.63, 3.8) is 0 Å². The van der Waals surface area contributed by atoms with Crippen molar-refractivity contribution in [3.8, 4) is 0 Å². The molecule has 7 heteroatoms. The van der Waals surface area contributed by atoms with Gasteiger partial charge in [-0.3, -0.25) is 4.72 Å². The zero-order valence-corrected chi connectivity index (χ0v) is 12.7. The molecule has 0 aliphatic carbocycles. The number of nitrogens with zero attached hydrogens (tertiary/aromatic N) is 1. The molecule has 0 bridgehead atoms. The van der Waals surface area contributed by atoms with E-state index in [-0.39, 0.29) is 0 Å².